The fourth-order valence-electron chi connectivity index (χ4n) is 1.39. The Morgan fingerprint density at radius 1 is 1.53 bits per heavy atom. The van der Waals surface area contributed by atoms with Crippen LogP contribution in [0.1, 0.15) is 28.8 Å². The summed E-state index contributed by atoms with van der Waals surface area (Å²) in [5.41, 5.74) is 0.478. The Kier molecular flexibility index (Phi) is 3.40. The first-order valence-corrected chi connectivity index (χ1v) is 5.41. The van der Waals surface area contributed by atoms with Gasteiger partial charge in [-0.2, -0.15) is 0 Å². The zero-order chi connectivity index (χ0) is 12.3. The molecule has 4 heteroatoms. The number of aliphatic hydroxyl groups is 1. The summed E-state index contributed by atoms with van der Waals surface area (Å²) in [6, 6.07) is 4.39. The van der Waals surface area contributed by atoms with Crippen molar-refractivity contribution in [3.05, 3.63) is 35.1 Å². The highest BCUT2D eigenvalue weighted by molar-refractivity contribution is 5.94. The van der Waals surface area contributed by atoms with Crippen molar-refractivity contribution in [2.75, 3.05) is 6.61 Å². The maximum atomic E-state index is 13.5. The molecule has 1 saturated carbocycles. The predicted molar refractivity (Wildman–Crippen MR) is 60.9 cm³/mol. The van der Waals surface area contributed by atoms with E-state index in [1.807, 2.05) is 0 Å². The van der Waals surface area contributed by atoms with Crippen molar-refractivity contribution in [1.82, 2.24) is 5.32 Å². The summed E-state index contributed by atoms with van der Waals surface area (Å²) in [5, 5.41) is 11.3. The van der Waals surface area contributed by atoms with Gasteiger partial charge in [0, 0.05) is 11.6 Å². The SMILES string of the molecule is O=C(NC1CC1)c1ccc(C#CCO)c(F)c1. The van der Waals surface area contributed by atoms with E-state index in [1.165, 1.54) is 18.2 Å². The highest BCUT2D eigenvalue weighted by Crippen LogP contribution is 2.19. The molecule has 0 aromatic heterocycles. The number of halogens is 1. The van der Waals surface area contributed by atoms with Crippen LogP contribution in [0, 0.1) is 17.7 Å². The largest absolute Gasteiger partial charge is 0.384 e. The minimum absolute atomic E-state index is 0.182. The average molecular weight is 233 g/mol. The van der Waals surface area contributed by atoms with Gasteiger partial charge in [-0.15, -0.1) is 0 Å². The van der Waals surface area contributed by atoms with Gasteiger partial charge >= 0.3 is 0 Å². The first kappa shape index (κ1) is 11.6. The molecule has 88 valence electrons. The highest BCUT2D eigenvalue weighted by Gasteiger charge is 2.23. The molecule has 0 spiro atoms. The molecule has 1 fully saturated rings. The molecular formula is C13H12FNO2. The van der Waals surface area contributed by atoms with Gasteiger partial charge in [0.2, 0.25) is 0 Å². The molecule has 0 aliphatic heterocycles. The van der Waals surface area contributed by atoms with Gasteiger partial charge in [0.05, 0.1) is 5.56 Å². The van der Waals surface area contributed by atoms with E-state index in [9.17, 15) is 9.18 Å². The smallest absolute Gasteiger partial charge is 0.251 e. The summed E-state index contributed by atoms with van der Waals surface area (Å²) >= 11 is 0. The molecule has 2 N–H and O–H groups in total. The van der Waals surface area contributed by atoms with Gasteiger partial charge in [-0.3, -0.25) is 4.79 Å². The molecule has 1 amide bonds. The molecule has 1 aliphatic rings. The molecule has 17 heavy (non-hydrogen) atoms. The molecule has 2 rings (SSSR count). The predicted octanol–water partition coefficient (Wildman–Crippen LogP) is 1.06. The van der Waals surface area contributed by atoms with Crippen molar-refractivity contribution < 1.29 is 14.3 Å². The lowest BCUT2D eigenvalue weighted by molar-refractivity contribution is 0.0950. The molecule has 0 bridgehead atoms. The number of aliphatic hydroxyl groups excluding tert-OH is 1. The van der Waals surface area contributed by atoms with E-state index in [0.717, 1.165) is 12.8 Å². The minimum atomic E-state index is -0.547. The summed E-state index contributed by atoms with van der Waals surface area (Å²) in [6.07, 6.45) is 1.99. The Morgan fingerprint density at radius 3 is 2.88 bits per heavy atom. The van der Waals surface area contributed by atoms with Crippen LogP contribution in [0.15, 0.2) is 18.2 Å². The van der Waals surface area contributed by atoms with Gasteiger partial charge in [0.25, 0.3) is 5.91 Å². The summed E-state index contributed by atoms with van der Waals surface area (Å²) in [4.78, 5) is 11.6. The van der Waals surface area contributed by atoms with Gasteiger partial charge in [0.1, 0.15) is 12.4 Å². The number of benzene rings is 1. The Labute approximate surface area is 98.7 Å². The van der Waals surface area contributed by atoms with Gasteiger partial charge in [-0.1, -0.05) is 11.8 Å². The first-order valence-electron chi connectivity index (χ1n) is 5.41. The van der Waals surface area contributed by atoms with Crippen LogP contribution in [-0.2, 0) is 0 Å². The minimum Gasteiger partial charge on any atom is -0.384 e. The Hall–Kier alpha value is -1.86. The number of rotatable bonds is 2. The van der Waals surface area contributed by atoms with Crippen LogP contribution in [0.2, 0.25) is 0 Å². The van der Waals surface area contributed by atoms with Crippen molar-refractivity contribution in [1.29, 1.82) is 0 Å². The van der Waals surface area contributed by atoms with Crippen molar-refractivity contribution in [3.63, 3.8) is 0 Å². The number of nitrogens with one attached hydrogen (secondary N) is 1. The molecule has 1 aliphatic carbocycles. The summed E-state index contributed by atoms with van der Waals surface area (Å²) < 4.78 is 13.5. The molecule has 0 saturated heterocycles. The van der Waals surface area contributed by atoms with Gasteiger partial charge < -0.3 is 10.4 Å². The van der Waals surface area contributed by atoms with Crippen molar-refractivity contribution >= 4 is 5.91 Å². The maximum absolute atomic E-state index is 13.5. The monoisotopic (exact) mass is 233 g/mol. The third-order valence-electron chi connectivity index (χ3n) is 2.45. The van der Waals surface area contributed by atoms with Crippen molar-refractivity contribution in [3.8, 4) is 11.8 Å². The lowest BCUT2D eigenvalue weighted by Gasteiger charge is -2.03. The number of hydrogen-bond donors (Lipinski definition) is 2. The molecular weight excluding hydrogens is 221 g/mol. The van der Waals surface area contributed by atoms with E-state index in [0.29, 0.717) is 5.56 Å². The van der Waals surface area contributed by atoms with Gasteiger partial charge in [-0.25, -0.2) is 4.39 Å². The van der Waals surface area contributed by atoms with Crippen LogP contribution in [0.5, 0.6) is 0 Å². The number of carbonyl (C=O) groups excluding carboxylic acids is 1. The van der Waals surface area contributed by atoms with E-state index >= 15 is 0 Å². The lowest BCUT2D eigenvalue weighted by Crippen LogP contribution is -2.25. The van der Waals surface area contributed by atoms with Crippen LogP contribution in [0.4, 0.5) is 4.39 Å². The van der Waals surface area contributed by atoms with Crippen molar-refractivity contribution in [2.24, 2.45) is 0 Å². The first-order chi connectivity index (χ1) is 8.20. The third-order valence-corrected chi connectivity index (χ3v) is 2.45. The molecule has 1 aromatic rings. The standard InChI is InChI=1S/C13H12FNO2/c14-12-8-10(13(17)15-11-5-6-11)4-3-9(12)2-1-7-16/h3-4,8,11,16H,5-7H2,(H,15,17). The summed E-state index contributed by atoms with van der Waals surface area (Å²) in [5.74, 6) is 4.03. The van der Waals surface area contributed by atoms with Gasteiger partial charge in [-0.05, 0) is 31.0 Å². The topological polar surface area (TPSA) is 49.3 Å². The second kappa shape index (κ2) is 4.98. The molecule has 0 radical (unpaired) electrons. The Bertz CT molecular complexity index is 498. The average Bonchev–Trinajstić information content (AvgIpc) is 3.11. The fraction of sp³-hybridized carbons (Fsp3) is 0.308. The Morgan fingerprint density at radius 2 is 2.29 bits per heavy atom. The summed E-state index contributed by atoms with van der Waals surface area (Å²) in [6.45, 7) is -0.316. The van der Waals surface area contributed by atoms with E-state index in [4.69, 9.17) is 5.11 Å². The number of carbonyl (C=O) groups is 1. The molecule has 0 unspecified atom stereocenters. The fourth-order valence-corrected chi connectivity index (χ4v) is 1.39. The number of hydrogen-bond acceptors (Lipinski definition) is 2. The van der Waals surface area contributed by atoms with Crippen LogP contribution in [0.3, 0.4) is 0 Å². The molecule has 0 heterocycles. The highest BCUT2D eigenvalue weighted by atomic mass is 19.1. The van der Waals surface area contributed by atoms with Crippen molar-refractivity contribution in [2.45, 2.75) is 18.9 Å². The Balaban J connectivity index is 2.14. The zero-order valence-corrected chi connectivity index (χ0v) is 9.16. The third kappa shape index (κ3) is 3.05. The normalized spacial score (nSPS) is 13.8. The van der Waals surface area contributed by atoms with Crippen LogP contribution in [-0.4, -0.2) is 23.7 Å². The second-order valence-electron chi connectivity index (χ2n) is 3.90. The summed E-state index contributed by atoms with van der Waals surface area (Å²) in [7, 11) is 0. The molecule has 1 aromatic carbocycles. The maximum Gasteiger partial charge on any atom is 0.251 e. The van der Waals surface area contributed by atoms with E-state index in [1.54, 1.807) is 0 Å². The zero-order valence-electron chi connectivity index (χ0n) is 9.16. The number of amides is 1. The van der Waals surface area contributed by atoms with E-state index < -0.39 is 5.82 Å². The second-order valence-corrected chi connectivity index (χ2v) is 3.90. The van der Waals surface area contributed by atoms with E-state index in [2.05, 4.69) is 17.2 Å². The van der Waals surface area contributed by atoms with E-state index in [-0.39, 0.29) is 24.1 Å². The quantitative estimate of drug-likeness (QED) is 0.750. The molecule has 3 nitrogen and oxygen atoms in total. The van der Waals surface area contributed by atoms with Crippen LogP contribution >= 0.6 is 0 Å². The van der Waals surface area contributed by atoms with Gasteiger partial charge in [0.15, 0.2) is 0 Å². The van der Waals surface area contributed by atoms with Crippen LogP contribution in [0.25, 0.3) is 0 Å². The van der Waals surface area contributed by atoms with Crippen LogP contribution < -0.4 is 5.32 Å². The lowest BCUT2D eigenvalue weighted by atomic mass is 10.1. The molecule has 0 atom stereocenters.